The molecule has 1 aromatic heterocycles. The fourth-order valence-corrected chi connectivity index (χ4v) is 2.57. The summed E-state index contributed by atoms with van der Waals surface area (Å²) in [5.41, 5.74) is 5.94. The molecule has 7 nitrogen and oxygen atoms in total. The van der Waals surface area contributed by atoms with Gasteiger partial charge in [-0.3, -0.25) is 0 Å². The van der Waals surface area contributed by atoms with Gasteiger partial charge >= 0.3 is 0 Å². The molecule has 0 fully saturated rings. The molecule has 0 atom stereocenters. The van der Waals surface area contributed by atoms with Gasteiger partial charge in [0.25, 0.3) is 5.95 Å². The van der Waals surface area contributed by atoms with E-state index in [0.29, 0.717) is 17.7 Å². The zero-order chi connectivity index (χ0) is 16.7. The Morgan fingerprint density at radius 3 is 2.58 bits per heavy atom. The van der Waals surface area contributed by atoms with Gasteiger partial charge in [-0.1, -0.05) is 6.07 Å². The normalized spacial score (nSPS) is 10.6. The molecule has 2 rings (SSSR count). The van der Waals surface area contributed by atoms with Crippen molar-refractivity contribution in [1.82, 2.24) is 14.9 Å². The van der Waals surface area contributed by atoms with Crippen LogP contribution in [0.2, 0.25) is 0 Å². The molecule has 1 aromatic carbocycles. The number of nitrogens with two attached hydrogens (primary N) is 1. The van der Waals surface area contributed by atoms with Crippen molar-refractivity contribution in [3.05, 3.63) is 35.7 Å². The van der Waals surface area contributed by atoms with Crippen LogP contribution in [-0.4, -0.2) is 45.9 Å². The third kappa shape index (κ3) is 5.43. The third-order valence-corrected chi connectivity index (χ3v) is 3.56. The van der Waals surface area contributed by atoms with Crippen LogP contribution in [0.15, 0.2) is 29.6 Å². The minimum absolute atomic E-state index is 0. The molecule has 0 aliphatic carbocycles. The number of alkyl halides is 2. The third-order valence-electron chi connectivity index (χ3n) is 3.22. The number of hydrazone groups is 1. The Morgan fingerprint density at radius 2 is 2.04 bits per heavy atom. The maximum absolute atomic E-state index is 5.86. The molecule has 0 amide bonds. The van der Waals surface area contributed by atoms with E-state index in [1.165, 1.54) is 11.0 Å². The van der Waals surface area contributed by atoms with Crippen molar-refractivity contribution in [3.63, 3.8) is 0 Å². The molecule has 0 saturated heterocycles. The van der Waals surface area contributed by atoms with Crippen molar-refractivity contribution in [2.75, 3.05) is 41.0 Å². The topological polar surface area (TPSA) is 84.4 Å². The number of rotatable bonds is 8. The average molecular weight is 393 g/mol. The molecule has 10 heteroatoms. The Bertz CT molecular complexity index is 654. The van der Waals surface area contributed by atoms with Gasteiger partial charge in [-0.2, -0.15) is 5.10 Å². The predicted octanol–water partition coefficient (Wildman–Crippen LogP) is 2.45. The Labute approximate surface area is 157 Å². The molecule has 0 unspecified atom stereocenters. The number of anilines is 2. The molecule has 24 heavy (non-hydrogen) atoms. The number of nitrogen functional groups attached to an aromatic ring is 1. The van der Waals surface area contributed by atoms with Gasteiger partial charge in [-0.25, -0.2) is 10.1 Å². The van der Waals surface area contributed by atoms with Gasteiger partial charge in [0.05, 0.1) is 6.21 Å². The van der Waals surface area contributed by atoms with Crippen LogP contribution in [0.3, 0.4) is 0 Å². The summed E-state index contributed by atoms with van der Waals surface area (Å²) in [6.45, 7) is 3.57. The van der Waals surface area contributed by atoms with E-state index >= 15 is 0 Å². The van der Waals surface area contributed by atoms with Crippen molar-refractivity contribution < 1.29 is 0 Å². The van der Waals surface area contributed by atoms with Gasteiger partial charge in [0.1, 0.15) is 6.33 Å². The second-order valence-corrected chi connectivity index (χ2v) is 5.60. The molecule has 0 saturated carbocycles. The monoisotopic (exact) mass is 391 g/mol. The molecular formula is C14H20Cl3N7. The molecule has 0 radical (unpaired) electrons. The molecule has 0 aliphatic heterocycles. The SMILES string of the molecule is Cc1cc(/C=N/Nc2nncn2N)ccc1N(CCCl)CCCl.Cl. The first-order chi connectivity index (χ1) is 11.2. The summed E-state index contributed by atoms with van der Waals surface area (Å²) < 4.78 is 1.25. The van der Waals surface area contributed by atoms with Crippen LogP contribution >= 0.6 is 35.6 Å². The van der Waals surface area contributed by atoms with Crippen LogP contribution in [0.5, 0.6) is 0 Å². The lowest BCUT2D eigenvalue weighted by Gasteiger charge is -2.24. The Hall–Kier alpha value is -1.70. The molecular weight excluding hydrogens is 373 g/mol. The molecule has 132 valence electrons. The first kappa shape index (κ1) is 20.3. The molecule has 0 spiro atoms. The van der Waals surface area contributed by atoms with Crippen LogP contribution in [0, 0.1) is 6.92 Å². The standard InChI is InChI=1S/C14H19Cl2N7.ClH/c1-11-8-12(9-18-20-14-21-19-10-23(14)17)2-3-13(11)22(6-4-15)7-5-16;/h2-3,8-10H,4-7,17H2,1H3,(H,20,21);1H/b18-9+;. The van der Waals surface area contributed by atoms with Crippen molar-refractivity contribution in [3.8, 4) is 0 Å². The highest BCUT2D eigenvalue weighted by Gasteiger charge is 2.08. The number of benzene rings is 1. The molecule has 0 aliphatic rings. The van der Waals surface area contributed by atoms with Gasteiger partial charge in [-0.15, -0.1) is 45.8 Å². The van der Waals surface area contributed by atoms with Gasteiger partial charge in [0, 0.05) is 30.5 Å². The highest BCUT2D eigenvalue weighted by molar-refractivity contribution is 6.18. The average Bonchev–Trinajstić information content (AvgIpc) is 2.93. The zero-order valence-corrected chi connectivity index (χ0v) is 15.5. The summed E-state index contributed by atoms with van der Waals surface area (Å²) >= 11 is 11.7. The largest absolute Gasteiger partial charge is 0.369 e. The van der Waals surface area contributed by atoms with Gasteiger partial charge in [-0.05, 0) is 30.2 Å². The lowest BCUT2D eigenvalue weighted by molar-refractivity contribution is 0.869. The van der Waals surface area contributed by atoms with Crippen molar-refractivity contribution in [2.24, 2.45) is 5.10 Å². The Morgan fingerprint density at radius 1 is 1.33 bits per heavy atom. The highest BCUT2D eigenvalue weighted by atomic mass is 35.5. The maximum atomic E-state index is 5.86. The number of halogens is 3. The summed E-state index contributed by atoms with van der Waals surface area (Å²) in [7, 11) is 0. The van der Waals surface area contributed by atoms with E-state index in [0.717, 1.165) is 29.9 Å². The molecule has 0 bridgehead atoms. The number of aromatic nitrogens is 3. The molecule has 1 heterocycles. The predicted molar refractivity (Wildman–Crippen MR) is 103 cm³/mol. The number of hydrogen-bond acceptors (Lipinski definition) is 6. The maximum Gasteiger partial charge on any atom is 0.263 e. The number of nitrogens with zero attached hydrogens (tertiary/aromatic N) is 5. The van der Waals surface area contributed by atoms with E-state index in [2.05, 4.69) is 25.6 Å². The quantitative estimate of drug-likeness (QED) is 0.312. The smallest absolute Gasteiger partial charge is 0.263 e. The first-order valence-electron chi connectivity index (χ1n) is 7.07. The van der Waals surface area contributed by atoms with Gasteiger partial charge < -0.3 is 10.7 Å². The van der Waals surface area contributed by atoms with Gasteiger partial charge in [0.15, 0.2) is 0 Å². The number of nitrogens with one attached hydrogen (secondary N) is 1. The molecule has 3 N–H and O–H groups in total. The van der Waals surface area contributed by atoms with E-state index in [-0.39, 0.29) is 12.4 Å². The zero-order valence-electron chi connectivity index (χ0n) is 13.2. The minimum Gasteiger partial charge on any atom is -0.369 e. The first-order valence-corrected chi connectivity index (χ1v) is 8.14. The van der Waals surface area contributed by atoms with Crippen LogP contribution in [0.1, 0.15) is 11.1 Å². The lowest BCUT2D eigenvalue weighted by Crippen LogP contribution is -2.28. The fourth-order valence-electron chi connectivity index (χ4n) is 2.16. The van der Waals surface area contributed by atoms with Crippen LogP contribution < -0.4 is 16.2 Å². The van der Waals surface area contributed by atoms with Crippen LogP contribution in [0.4, 0.5) is 11.6 Å². The summed E-state index contributed by atoms with van der Waals surface area (Å²) in [5.74, 6) is 7.07. The fraction of sp³-hybridized carbons (Fsp3) is 0.357. The van der Waals surface area contributed by atoms with Crippen molar-refractivity contribution in [2.45, 2.75) is 6.92 Å². The van der Waals surface area contributed by atoms with Gasteiger partial charge in [0.2, 0.25) is 0 Å². The summed E-state index contributed by atoms with van der Waals surface area (Å²) in [5, 5.41) is 11.5. The number of hydrogen-bond donors (Lipinski definition) is 2. The summed E-state index contributed by atoms with van der Waals surface area (Å²) in [6, 6.07) is 6.07. The van der Waals surface area contributed by atoms with Crippen LogP contribution in [-0.2, 0) is 0 Å². The van der Waals surface area contributed by atoms with E-state index in [4.69, 9.17) is 29.0 Å². The van der Waals surface area contributed by atoms with E-state index in [1.54, 1.807) is 6.21 Å². The second-order valence-electron chi connectivity index (χ2n) is 4.84. The minimum atomic E-state index is 0. The van der Waals surface area contributed by atoms with E-state index in [9.17, 15) is 0 Å². The second kappa shape index (κ2) is 10.2. The van der Waals surface area contributed by atoms with Crippen LogP contribution in [0.25, 0.3) is 0 Å². The Kier molecular flexibility index (Phi) is 8.67. The van der Waals surface area contributed by atoms with Crippen molar-refractivity contribution in [1.29, 1.82) is 0 Å². The van der Waals surface area contributed by atoms with Crippen molar-refractivity contribution >= 4 is 53.5 Å². The van der Waals surface area contributed by atoms with E-state index in [1.807, 2.05) is 25.1 Å². The van der Waals surface area contributed by atoms with E-state index < -0.39 is 0 Å². The summed E-state index contributed by atoms with van der Waals surface area (Å²) in [4.78, 5) is 2.17. The Balaban J connectivity index is 0.00000288. The lowest BCUT2D eigenvalue weighted by atomic mass is 10.1. The number of aryl methyl sites for hydroxylation is 1. The highest BCUT2D eigenvalue weighted by Crippen LogP contribution is 2.21. The molecule has 2 aromatic rings. The summed E-state index contributed by atoms with van der Waals surface area (Å²) in [6.07, 6.45) is 3.08.